The summed E-state index contributed by atoms with van der Waals surface area (Å²) in [4.78, 5) is 11.5. The fourth-order valence-electron chi connectivity index (χ4n) is 2.67. The Morgan fingerprint density at radius 2 is 1.94 bits per heavy atom. The molecule has 0 radical (unpaired) electrons. The molecule has 0 aliphatic heterocycles. The fraction of sp³-hybridized carbons (Fsp3) is 0.267. The average Bonchev–Trinajstić information content (AvgIpc) is 2.35. The monoisotopic (exact) mass is 210 g/mol. The van der Waals surface area contributed by atoms with E-state index in [4.69, 9.17) is 0 Å². The average molecular weight is 210 g/mol. The SMILES string of the molecule is O=C1C=CC2CC1CC=C2c1ccccc1. The van der Waals surface area contributed by atoms with Crippen LogP contribution in [0.1, 0.15) is 18.4 Å². The van der Waals surface area contributed by atoms with E-state index in [0.717, 1.165) is 12.8 Å². The maximum Gasteiger partial charge on any atom is 0.158 e. The van der Waals surface area contributed by atoms with E-state index in [1.165, 1.54) is 11.1 Å². The second kappa shape index (κ2) is 3.75. The van der Waals surface area contributed by atoms with Gasteiger partial charge in [-0.05, 0) is 30.1 Å². The number of ketones is 1. The van der Waals surface area contributed by atoms with Crippen LogP contribution in [0.25, 0.3) is 5.57 Å². The van der Waals surface area contributed by atoms with Crippen molar-refractivity contribution in [2.45, 2.75) is 12.8 Å². The van der Waals surface area contributed by atoms with Gasteiger partial charge in [0.15, 0.2) is 5.78 Å². The Balaban J connectivity index is 1.97. The summed E-state index contributed by atoms with van der Waals surface area (Å²) in [6.07, 6.45) is 7.99. The van der Waals surface area contributed by atoms with Gasteiger partial charge in [0.1, 0.15) is 0 Å². The molecule has 0 saturated heterocycles. The summed E-state index contributed by atoms with van der Waals surface area (Å²) in [7, 11) is 0. The van der Waals surface area contributed by atoms with Gasteiger partial charge >= 0.3 is 0 Å². The molecule has 3 rings (SSSR count). The predicted octanol–water partition coefficient (Wildman–Crippen LogP) is 3.24. The van der Waals surface area contributed by atoms with Crippen molar-refractivity contribution in [1.82, 2.24) is 0 Å². The second-order valence-corrected chi connectivity index (χ2v) is 4.56. The topological polar surface area (TPSA) is 17.1 Å². The molecule has 16 heavy (non-hydrogen) atoms. The van der Waals surface area contributed by atoms with Crippen LogP contribution in [0.4, 0.5) is 0 Å². The third kappa shape index (κ3) is 1.53. The van der Waals surface area contributed by atoms with Gasteiger partial charge in [0.25, 0.3) is 0 Å². The number of carbonyl (C=O) groups is 1. The Hall–Kier alpha value is -1.63. The van der Waals surface area contributed by atoms with Gasteiger partial charge in [-0.2, -0.15) is 0 Å². The van der Waals surface area contributed by atoms with E-state index in [0.29, 0.717) is 11.7 Å². The molecular formula is C15H14O. The number of rotatable bonds is 1. The predicted molar refractivity (Wildman–Crippen MR) is 64.8 cm³/mol. The number of fused-ring (bicyclic) bond motifs is 2. The smallest absolute Gasteiger partial charge is 0.158 e. The number of hydrogen-bond donors (Lipinski definition) is 0. The minimum atomic E-state index is 0.238. The van der Waals surface area contributed by atoms with Crippen molar-refractivity contribution in [2.75, 3.05) is 0 Å². The standard InChI is InChI=1S/C15H14O/c16-15-9-7-12-10-13(15)6-8-14(12)11-4-2-1-3-5-11/h1-5,7-9,12-13H,6,10H2. The molecule has 1 nitrogen and oxygen atoms in total. The molecule has 2 aliphatic rings. The summed E-state index contributed by atoms with van der Waals surface area (Å²) in [5, 5.41) is 0. The zero-order valence-electron chi connectivity index (χ0n) is 9.10. The van der Waals surface area contributed by atoms with E-state index < -0.39 is 0 Å². The summed E-state index contributed by atoms with van der Waals surface area (Å²) in [6, 6.07) is 10.5. The molecule has 2 aliphatic carbocycles. The minimum Gasteiger partial charge on any atom is -0.295 e. The van der Waals surface area contributed by atoms with Gasteiger partial charge in [-0.25, -0.2) is 0 Å². The molecule has 0 N–H and O–H groups in total. The molecule has 2 bridgehead atoms. The van der Waals surface area contributed by atoms with Gasteiger partial charge in [-0.15, -0.1) is 0 Å². The number of carbonyl (C=O) groups excluding carboxylic acids is 1. The van der Waals surface area contributed by atoms with Crippen molar-refractivity contribution in [1.29, 1.82) is 0 Å². The Morgan fingerprint density at radius 1 is 1.12 bits per heavy atom. The zero-order chi connectivity index (χ0) is 11.0. The lowest BCUT2D eigenvalue weighted by Crippen LogP contribution is -2.24. The maximum atomic E-state index is 11.5. The molecular weight excluding hydrogens is 196 g/mol. The Labute approximate surface area is 95.5 Å². The highest BCUT2D eigenvalue weighted by atomic mass is 16.1. The quantitative estimate of drug-likeness (QED) is 0.695. The number of allylic oxidation sites excluding steroid dienone is 4. The van der Waals surface area contributed by atoms with Gasteiger partial charge in [-0.1, -0.05) is 42.5 Å². The lowest BCUT2D eigenvalue weighted by atomic mass is 9.73. The third-order valence-electron chi connectivity index (χ3n) is 3.56. The molecule has 0 fully saturated rings. The summed E-state index contributed by atoms with van der Waals surface area (Å²) in [5.74, 6) is 0.987. The van der Waals surface area contributed by atoms with E-state index in [1.807, 2.05) is 6.07 Å². The van der Waals surface area contributed by atoms with Gasteiger partial charge in [0, 0.05) is 11.8 Å². The van der Waals surface area contributed by atoms with E-state index in [-0.39, 0.29) is 5.92 Å². The van der Waals surface area contributed by atoms with Crippen molar-refractivity contribution in [2.24, 2.45) is 11.8 Å². The summed E-state index contributed by atoms with van der Waals surface area (Å²) >= 11 is 0. The molecule has 2 atom stereocenters. The van der Waals surface area contributed by atoms with E-state index in [2.05, 4.69) is 36.4 Å². The molecule has 1 aromatic rings. The molecule has 0 aromatic heterocycles. The number of benzene rings is 1. The van der Waals surface area contributed by atoms with Gasteiger partial charge in [0.05, 0.1) is 0 Å². The third-order valence-corrected chi connectivity index (χ3v) is 3.56. The molecule has 0 saturated carbocycles. The van der Waals surface area contributed by atoms with Crippen molar-refractivity contribution in [3.8, 4) is 0 Å². The lowest BCUT2D eigenvalue weighted by molar-refractivity contribution is -0.119. The first kappa shape index (κ1) is 9.59. The highest BCUT2D eigenvalue weighted by Crippen LogP contribution is 2.39. The van der Waals surface area contributed by atoms with Gasteiger partial charge in [-0.3, -0.25) is 4.79 Å². The van der Waals surface area contributed by atoms with E-state index in [1.54, 1.807) is 6.08 Å². The molecule has 80 valence electrons. The van der Waals surface area contributed by atoms with E-state index in [9.17, 15) is 4.79 Å². The Bertz CT molecular complexity index is 467. The lowest BCUT2D eigenvalue weighted by Gasteiger charge is -2.30. The summed E-state index contributed by atoms with van der Waals surface area (Å²) < 4.78 is 0. The first-order valence-corrected chi connectivity index (χ1v) is 5.82. The van der Waals surface area contributed by atoms with Crippen LogP contribution < -0.4 is 0 Å². The van der Waals surface area contributed by atoms with Crippen LogP contribution in [-0.2, 0) is 4.79 Å². The molecule has 1 heteroatoms. The van der Waals surface area contributed by atoms with Crippen LogP contribution in [0.2, 0.25) is 0 Å². The van der Waals surface area contributed by atoms with Crippen LogP contribution in [0, 0.1) is 11.8 Å². The Kier molecular flexibility index (Phi) is 2.24. The molecule has 2 unspecified atom stereocenters. The number of hydrogen-bond acceptors (Lipinski definition) is 1. The molecule has 0 spiro atoms. The zero-order valence-corrected chi connectivity index (χ0v) is 9.10. The minimum absolute atomic E-state index is 0.238. The molecule has 1 aromatic carbocycles. The van der Waals surface area contributed by atoms with Crippen molar-refractivity contribution in [3.05, 3.63) is 54.1 Å². The Morgan fingerprint density at radius 3 is 2.75 bits per heavy atom. The fourth-order valence-corrected chi connectivity index (χ4v) is 2.67. The highest BCUT2D eigenvalue weighted by Gasteiger charge is 2.29. The van der Waals surface area contributed by atoms with Crippen LogP contribution >= 0.6 is 0 Å². The van der Waals surface area contributed by atoms with Crippen LogP contribution in [0.5, 0.6) is 0 Å². The van der Waals surface area contributed by atoms with Crippen molar-refractivity contribution < 1.29 is 4.79 Å². The normalized spacial score (nSPS) is 27.8. The van der Waals surface area contributed by atoms with Gasteiger partial charge < -0.3 is 0 Å². The molecule has 0 amide bonds. The van der Waals surface area contributed by atoms with Crippen LogP contribution in [0.3, 0.4) is 0 Å². The van der Waals surface area contributed by atoms with Crippen LogP contribution in [-0.4, -0.2) is 5.78 Å². The first-order chi connectivity index (χ1) is 7.84. The largest absolute Gasteiger partial charge is 0.295 e. The summed E-state index contributed by atoms with van der Waals surface area (Å²) in [5.41, 5.74) is 2.69. The maximum absolute atomic E-state index is 11.5. The summed E-state index contributed by atoms with van der Waals surface area (Å²) in [6.45, 7) is 0. The van der Waals surface area contributed by atoms with Gasteiger partial charge in [0.2, 0.25) is 0 Å². The highest BCUT2D eigenvalue weighted by molar-refractivity contribution is 5.94. The van der Waals surface area contributed by atoms with Crippen LogP contribution in [0.15, 0.2) is 48.6 Å². The van der Waals surface area contributed by atoms with Crippen molar-refractivity contribution >= 4 is 11.4 Å². The first-order valence-electron chi connectivity index (χ1n) is 5.82. The second-order valence-electron chi connectivity index (χ2n) is 4.56. The van der Waals surface area contributed by atoms with Crippen molar-refractivity contribution in [3.63, 3.8) is 0 Å². The van der Waals surface area contributed by atoms with E-state index >= 15 is 0 Å². The molecule has 0 heterocycles.